The average Bonchev–Trinajstić information content (AvgIpc) is 2.68. The maximum absolute atomic E-state index is 5.73. The number of piperazine rings is 1. The molecule has 2 rings (SSSR count). The van der Waals surface area contributed by atoms with Crippen molar-refractivity contribution in [2.24, 2.45) is 10.9 Å². The Morgan fingerprint density at radius 1 is 1.11 bits per heavy atom. The lowest BCUT2D eigenvalue weighted by molar-refractivity contribution is 0.0900. The molecule has 6 nitrogen and oxygen atoms in total. The van der Waals surface area contributed by atoms with Crippen molar-refractivity contribution in [1.29, 1.82) is 0 Å². The molecule has 1 aliphatic heterocycles. The van der Waals surface area contributed by atoms with Crippen LogP contribution in [0.4, 0.5) is 0 Å². The van der Waals surface area contributed by atoms with E-state index in [-0.39, 0.29) is 24.0 Å². The fraction of sp³-hybridized carbons (Fsp3) is 0.667. The third-order valence-electron chi connectivity index (χ3n) is 5.10. The molecule has 1 heterocycles. The van der Waals surface area contributed by atoms with Crippen molar-refractivity contribution in [1.82, 2.24) is 20.4 Å². The molecule has 0 aromatic heterocycles. The normalized spacial score (nSPS) is 17.1. The van der Waals surface area contributed by atoms with Crippen LogP contribution in [0.25, 0.3) is 0 Å². The number of nitrogens with one attached hydrogen (secondary N) is 2. The number of ether oxygens (including phenoxy) is 1. The Hall–Kier alpha value is -1.06. The maximum atomic E-state index is 5.73. The molecule has 0 amide bonds. The quantitative estimate of drug-likeness (QED) is 0.235. The summed E-state index contributed by atoms with van der Waals surface area (Å²) < 4.78 is 5.73. The summed E-state index contributed by atoms with van der Waals surface area (Å²) in [5, 5.41) is 6.90. The lowest BCUT2D eigenvalue weighted by Crippen LogP contribution is -2.55. The standard InChI is InChI=1S/C21H37N5O.HI/c1-18(2)20(26-14-12-25(4)13-15-26)17-24-21(22-3)23-11-8-16-27-19-9-6-5-7-10-19;/h5-7,9-10,18,20H,8,11-17H2,1-4H3,(H2,22,23,24);1H. The summed E-state index contributed by atoms with van der Waals surface area (Å²) in [7, 11) is 4.03. The predicted octanol–water partition coefficient (Wildman–Crippen LogP) is 2.51. The highest BCUT2D eigenvalue weighted by Crippen LogP contribution is 2.13. The second-order valence-electron chi connectivity index (χ2n) is 7.55. The van der Waals surface area contributed by atoms with Gasteiger partial charge in [0.1, 0.15) is 5.75 Å². The van der Waals surface area contributed by atoms with Crippen LogP contribution in [0.5, 0.6) is 5.75 Å². The first-order valence-corrected chi connectivity index (χ1v) is 10.1. The molecule has 1 unspecified atom stereocenters. The van der Waals surface area contributed by atoms with Gasteiger partial charge in [-0.2, -0.15) is 0 Å². The number of hydrogen-bond donors (Lipinski definition) is 2. The van der Waals surface area contributed by atoms with E-state index in [0.29, 0.717) is 18.6 Å². The molecule has 1 fully saturated rings. The van der Waals surface area contributed by atoms with E-state index in [4.69, 9.17) is 4.74 Å². The van der Waals surface area contributed by atoms with Crippen LogP contribution in [-0.2, 0) is 0 Å². The van der Waals surface area contributed by atoms with Crippen molar-refractivity contribution in [2.45, 2.75) is 26.3 Å². The monoisotopic (exact) mass is 503 g/mol. The molecule has 0 radical (unpaired) electrons. The molecular formula is C21H38IN5O. The third-order valence-corrected chi connectivity index (χ3v) is 5.10. The van der Waals surface area contributed by atoms with Crippen molar-refractivity contribution in [2.75, 3.05) is 60.0 Å². The summed E-state index contributed by atoms with van der Waals surface area (Å²) in [6.45, 7) is 11.7. The second-order valence-corrected chi connectivity index (χ2v) is 7.55. The molecule has 0 saturated carbocycles. The molecule has 2 N–H and O–H groups in total. The number of rotatable bonds is 9. The Morgan fingerprint density at radius 2 is 1.79 bits per heavy atom. The molecule has 0 spiro atoms. The van der Waals surface area contributed by atoms with E-state index in [9.17, 15) is 0 Å². The van der Waals surface area contributed by atoms with Crippen molar-refractivity contribution in [3.05, 3.63) is 30.3 Å². The van der Waals surface area contributed by atoms with Gasteiger partial charge < -0.3 is 20.3 Å². The number of hydrogen-bond acceptors (Lipinski definition) is 4. The molecule has 0 bridgehead atoms. The van der Waals surface area contributed by atoms with Crippen LogP contribution in [0.1, 0.15) is 20.3 Å². The van der Waals surface area contributed by atoms with Gasteiger partial charge in [0.15, 0.2) is 5.96 Å². The van der Waals surface area contributed by atoms with E-state index in [2.05, 4.69) is 46.3 Å². The van der Waals surface area contributed by atoms with Crippen LogP contribution < -0.4 is 15.4 Å². The highest BCUT2D eigenvalue weighted by molar-refractivity contribution is 14.0. The Bertz CT molecular complexity index is 547. The lowest BCUT2D eigenvalue weighted by Gasteiger charge is -2.40. The zero-order valence-corrected chi connectivity index (χ0v) is 20.2. The summed E-state index contributed by atoms with van der Waals surface area (Å²) in [6, 6.07) is 10.5. The average molecular weight is 503 g/mol. The number of benzene rings is 1. The van der Waals surface area contributed by atoms with E-state index in [1.165, 1.54) is 0 Å². The molecule has 0 aliphatic carbocycles. The van der Waals surface area contributed by atoms with Gasteiger partial charge in [-0.1, -0.05) is 32.0 Å². The van der Waals surface area contributed by atoms with E-state index in [1.807, 2.05) is 37.4 Å². The number of halogens is 1. The Morgan fingerprint density at radius 3 is 2.39 bits per heavy atom. The van der Waals surface area contributed by atoms with Gasteiger partial charge in [-0.15, -0.1) is 24.0 Å². The van der Waals surface area contributed by atoms with Gasteiger partial charge in [0.25, 0.3) is 0 Å². The number of nitrogens with zero attached hydrogens (tertiary/aromatic N) is 3. The molecule has 28 heavy (non-hydrogen) atoms. The minimum absolute atomic E-state index is 0. The molecule has 1 aromatic carbocycles. The number of aliphatic imine (C=N–C) groups is 1. The van der Waals surface area contributed by atoms with E-state index >= 15 is 0 Å². The first-order chi connectivity index (χ1) is 13.1. The SMILES string of the molecule is CN=C(NCCCOc1ccccc1)NCC(C(C)C)N1CCN(C)CC1.I. The van der Waals surface area contributed by atoms with Crippen LogP contribution in [0.2, 0.25) is 0 Å². The second kappa shape index (κ2) is 14.0. The smallest absolute Gasteiger partial charge is 0.191 e. The fourth-order valence-electron chi connectivity index (χ4n) is 3.35. The van der Waals surface area contributed by atoms with Gasteiger partial charge in [-0.3, -0.25) is 9.89 Å². The first-order valence-electron chi connectivity index (χ1n) is 10.1. The summed E-state index contributed by atoms with van der Waals surface area (Å²) in [5.41, 5.74) is 0. The van der Waals surface area contributed by atoms with Crippen molar-refractivity contribution in [3.8, 4) is 5.75 Å². The van der Waals surface area contributed by atoms with Crippen molar-refractivity contribution < 1.29 is 4.74 Å². The van der Waals surface area contributed by atoms with Gasteiger partial charge in [-0.05, 0) is 31.5 Å². The number of guanidine groups is 1. The third kappa shape index (κ3) is 8.96. The topological polar surface area (TPSA) is 52.1 Å². The molecule has 1 aromatic rings. The van der Waals surface area contributed by atoms with Crippen molar-refractivity contribution in [3.63, 3.8) is 0 Å². The van der Waals surface area contributed by atoms with E-state index < -0.39 is 0 Å². The Labute approximate surface area is 188 Å². The van der Waals surface area contributed by atoms with Crippen LogP contribution in [0.15, 0.2) is 35.3 Å². The lowest BCUT2D eigenvalue weighted by atomic mass is 10.0. The minimum Gasteiger partial charge on any atom is -0.494 e. The fourth-order valence-corrected chi connectivity index (χ4v) is 3.35. The summed E-state index contributed by atoms with van der Waals surface area (Å²) >= 11 is 0. The Kier molecular flexibility index (Phi) is 12.5. The van der Waals surface area contributed by atoms with E-state index in [1.54, 1.807) is 0 Å². The van der Waals surface area contributed by atoms with Gasteiger partial charge in [0, 0.05) is 52.4 Å². The summed E-state index contributed by atoms with van der Waals surface area (Å²) in [6.07, 6.45) is 0.932. The zero-order chi connectivity index (χ0) is 19.5. The Balaban J connectivity index is 0.00000392. The minimum atomic E-state index is 0. The van der Waals surface area contributed by atoms with Crippen LogP contribution in [0, 0.1) is 5.92 Å². The van der Waals surface area contributed by atoms with Crippen molar-refractivity contribution >= 4 is 29.9 Å². The highest BCUT2D eigenvalue weighted by Gasteiger charge is 2.24. The molecule has 1 atom stereocenters. The van der Waals surface area contributed by atoms with E-state index in [0.717, 1.165) is 57.4 Å². The molecule has 7 heteroatoms. The highest BCUT2D eigenvalue weighted by atomic mass is 127. The number of para-hydroxylation sites is 1. The molecule has 1 saturated heterocycles. The van der Waals surface area contributed by atoms with Gasteiger partial charge in [0.05, 0.1) is 6.61 Å². The van der Waals surface area contributed by atoms with Gasteiger partial charge in [-0.25, -0.2) is 0 Å². The molecular weight excluding hydrogens is 465 g/mol. The maximum Gasteiger partial charge on any atom is 0.191 e. The summed E-state index contributed by atoms with van der Waals surface area (Å²) in [5.74, 6) is 2.40. The van der Waals surface area contributed by atoms with Crippen LogP contribution in [0.3, 0.4) is 0 Å². The largest absolute Gasteiger partial charge is 0.494 e. The molecule has 160 valence electrons. The number of likely N-dealkylation sites (N-methyl/N-ethyl adjacent to an activating group) is 1. The van der Waals surface area contributed by atoms with Crippen LogP contribution in [-0.4, -0.2) is 81.8 Å². The zero-order valence-electron chi connectivity index (χ0n) is 17.9. The molecule has 1 aliphatic rings. The van der Waals surface area contributed by atoms with Crippen LogP contribution >= 0.6 is 24.0 Å². The first kappa shape index (κ1) is 25.0. The summed E-state index contributed by atoms with van der Waals surface area (Å²) in [4.78, 5) is 9.37. The predicted molar refractivity (Wildman–Crippen MR) is 129 cm³/mol. The van der Waals surface area contributed by atoms with Gasteiger partial charge in [0.2, 0.25) is 0 Å². The van der Waals surface area contributed by atoms with Gasteiger partial charge >= 0.3 is 0 Å².